The Morgan fingerprint density at radius 3 is 2.41 bits per heavy atom. The Morgan fingerprint density at radius 2 is 1.86 bits per heavy atom. The third-order valence-corrected chi connectivity index (χ3v) is 3.08. The molecule has 0 aromatic carbocycles. The van der Waals surface area contributed by atoms with Gasteiger partial charge in [-0.15, -0.1) is 0 Å². The van der Waals surface area contributed by atoms with E-state index in [0.717, 1.165) is 5.69 Å². The van der Waals surface area contributed by atoms with Gasteiger partial charge in [-0.05, 0) is 24.0 Å². The number of urea groups is 1. The molecule has 0 bridgehead atoms. The Bertz CT molecular complexity index is 474. The molecule has 1 atom stereocenters. The number of nitrogens with one attached hydrogen (secondary N) is 3. The number of pyridine rings is 1. The van der Waals surface area contributed by atoms with Crippen LogP contribution in [0.1, 0.15) is 39.4 Å². The molecule has 6 heteroatoms. The molecule has 0 spiro atoms. The fourth-order valence-corrected chi connectivity index (χ4v) is 1.88. The maximum atomic E-state index is 11.9. The van der Waals surface area contributed by atoms with Crippen molar-refractivity contribution in [3.05, 3.63) is 30.1 Å². The van der Waals surface area contributed by atoms with Crippen molar-refractivity contribution < 1.29 is 9.59 Å². The van der Waals surface area contributed by atoms with Gasteiger partial charge >= 0.3 is 6.03 Å². The van der Waals surface area contributed by atoms with Crippen molar-refractivity contribution in [2.45, 2.75) is 33.7 Å². The average molecular weight is 306 g/mol. The SMILES string of the molecule is CC(C)CNC(=O)CNC(=O)N[C@@H](c1ccccn1)C(C)C. The first kappa shape index (κ1) is 17.9. The van der Waals surface area contributed by atoms with E-state index in [1.54, 1.807) is 6.20 Å². The van der Waals surface area contributed by atoms with Crippen molar-refractivity contribution in [1.82, 2.24) is 20.9 Å². The summed E-state index contributed by atoms with van der Waals surface area (Å²) in [6, 6.07) is 5.03. The van der Waals surface area contributed by atoms with Crippen LogP contribution in [0.3, 0.4) is 0 Å². The predicted octanol–water partition coefficient (Wildman–Crippen LogP) is 1.85. The lowest BCUT2D eigenvalue weighted by molar-refractivity contribution is -0.120. The zero-order chi connectivity index (χ0) is 16.5. The van der Waals surface area contributed by atoms with Crippen LogP contribution in [0.5, 0.6) is 0 Å². The van der Waals surface area contributed by atoms with Gasteiger partial charge in [0, 0.05) is 12.7 Å². The van der Waals surface area contributed by atoms with Crippen LogP contribution in [0.25, 0.3) is 0 Å². The fourth-order valence-electron chi connectivity index (χ4n) is 1.88. The Hall–Kier alpha value is -2.11. The van der Waals surface area contributed by atoms with Crippen LogP contribution >= 0.6 is 0 Å². The number of carbonyl (C=O) groups is 2. The normalized spacial score (nSPS) is 12.1. The largest absolute Gasteiger partial charge is 0.354 e. The molecule has 122 valence electrons. The summed E-state index contributed by atoms with van der Waals surface area (Å²) in [6.45, 7) is 8.61. The topological polar surface area (TPSA) is 83.1 Å². The lowest BCUT2D eigenvalue weighted by Crippen LogP contribution is -2.44. The summed E-state index contributed by atoms with van der Waals surface area (Å²) in [6.07, 6.45) is 1.70. The zero-order valence-corrected chi connectivity index (χ0v) is 13.7. The van der Waals surface area contributed by atoms with Crippen LogP contribution in [0.4, 0.5) is 4.79 Å². The van der Waals surface area contributed by atoms with Crippen molar-refractivity contribution in [1.29, 1.82) is 0 Å². The van der Waals surface area contributed by atoms with Crippen molar-refractivity contribution in [3.8, 4) is 0 Å². The van der Waals surface area contributed by atoms with Crippen LogP contribution in [0, 0.1) is 11.8 Å². The van der Waals surface area contributed by atoms with Gasteiger partial charge in [0.05, 0.1) is 18.3 Å². The number of hydrogen-bond acceptors (Lipinski definition) is 3. The van der Waals surface area contributed by atoms with Gasteiger partial charge in [0.1, 0.15) is 0 Å². The maximum absolute atomic E-state index is 11.9. The van der Waals surface area contributed by atoms with Gasteiger partial charge in [-0.25, -0.2) is 4.79 Å². The summed E-state index contributed by atoms with van der Waals surface area (Å²) in [5.74, 6) is 0.380. The average Bonchev–Trinajstić information content (AvgIpc) is 2.49. The highest BCUT2D eigenvalue weighted by atomic mass is 16.2. The van der Waals surface area contributed by atoms with Gasteiger partial charge in [-0.3, -0.25) is 9.78 Å². The van der Waals surface area contributed by atoms with Crippen LogP contribution in [0.2, 0.25) is 0 Å². The third-order valence-electron chi connectivity index (χ3n) is 3.08. The summed E-state index contributed by atoms with van der Waals surface area (Å²) in [4.78, 5) is 27.8. The van der Waals surface area contributed by atoms with Crippen LogP contribution in [-0.2, 0) is 4.79 Å². The summed E-state index contributed by atoms with van der Waals surface area (Å²) >= 11 is 0. The lowest BCUT2D eigenvalue weighted by atomic mass is 10.0. The number of rotatable bonds is 7. The first-order valence-corrected chi connectivity index (χ1v) is 7.62. The summed E-state index contributed by atoms with van der Waals surface area (Å²) in [5.41, 5.74) is 0.803. The van der Waals surface area contributed by atoms with Crippen molar-refractivity contribution in [3.63, 3.8) is 0 Å². The first-order valence-electron chi connectivity index (χ1n) is 7.62. The van der Waals surface area contributed by atoms with E-state index in [2.05, 4.69) is 20.9 Å². The summed E-state index contributed by atoms with van der Waals surface area (Å²) in [7, 11) is 0. The van der Waals surface area contributed by atoms with Crippen LogP contribution < -0.4 is 16.0 Å². The second kappa shape index (κ2) is 9.02. The van der Waals surface area contributed by atoms with E-state index in [-0.39, 0.29) is 30.4 Å². The second-order valence-electron chi connectivity index (χ2n) is 6.00. The standard InChI is InChI=1S/C16H26N4O2/c1-11(2)9-18-14(21)10-19-16(22)20-15(12(3)4)13-7-5-6-8-17-13/h5-8,11-12,15H,9-10H2,1-4H3,(H,18,21)(H2,19,20,22)/t15-/m1/s1. The summed E-state index contributed by atoms with van der Waals surface area (Å²) in [5, 5.41) is 8.18. The van der Waals surface area contributed by atoms with E-state index in [1.807, 2.05) is 45.9 Å². The molecular weight excluding hydrogens is 280 g/mol. The molecule has 3 N–H and O–H groups in total. The number of nitrogens with zero attached hydrogens (tertiary/aromatic N) is 1. The van der Waals surface area contributed by atoms with Crippen molar-refractivity contribution >= 4 is 11.9 Å². The predicted molar refractivity (Wildman–Crippen MR) is 86.2 cm³/mol. The highest BCUT2D eigenvalue weighted by Crippen LogP contribution is 2.18. The molecule has 0 saturated carbocycles. The molecule has 6 nitrogen and oxygen atoms in total. The second-order valence-corrected chi connectivity index (χ2v) is 6.00. The van der Waals surface area contributed by atoms with Gasteiger partial charge in [0.15, 0.2) is 0 Å². The number of carbonyl (C=O) groups excluding carboxylic acids is 2. The molecule has 0 radical (unpaired) electrons. The molecule has 1 rings (SSSR count). The molecule has 1 aromatic rings. The highest BCUT2D eigenvalue weighted by Gasteiger charge is 2.19. The first-order chi connectivity index (χ1) is 10.4. The van der Waals surface area contributed by atoms with Crippen molar-refractivity contribution in [2.24, 2.45) is 11.8 Å². The van der Waals surface area contributed by atoms with Gasteiger partial charge in [-0.1, -0.05) is 33.8 Å². The molecule has 1 aromatic heterocycles. The van der Waals surface area contributed by atoms with Gasteiger partial charge < -0.3 is 16.0 Å². The van der Waals surface area contributed by atoms with E-state index in [9.17, 15) is 9.59 Å². The monoisotopic (exact) mass is 306 g/mol. The van der Waals surface area contributed by atoms with E-state index in [4.69, 9.17) is 0 Å². The smallest absolute Gasteiger partial charge is 0.315 e. The minimum absolute atomic E-state index is 0.0361. The molecule has 22 heavy (non-hydrogen) atoms. The molecule has 3 amide bonds. The molecule has 1 heterocycles. The molecule has 0 aliphatic carbocycles. The molecule has 0 fully saturated rings. The maximum Gasteiger partial charge on any atom is 0.315 e. The lowest BCUT2D eigenvalue weighted by Gasteiger charge is -2.22. The van der Waals surface area contributed by atoms with Gasteiger partial charge in [0.25, 0.3) is 0 Å². The number of amides is 3. The Labute approximate surface area is 132 Å². The van der Waals surface area contributed by atoms with E-state index in [1.165, 1.54) is 0 Å². The molecule has 0 aliphatic heterocycles. The summed E-state index contributed by atoms with van der Waals surface area (Å²) < 4.78 is 0. The minimum atomic E-state index is -0.371. The third kappa shape index (κ3) is 6.56. The molecule has 0 unspecified atom stereocenters. The van der Waals surface area contributed by atoms with Crippen LogP contribution in [0.15, 0.2) is 24.4 Å². The molecule has 0 saturated heterocycles. The van der Waals surface area contributed by atoms with Gasteiger partial charge in [0.2, 0.25) is 5.91 Å². The minimum Gasteiger partial charge on any atom is -0.354 e. The molecule has 0 aliphatic rings. The number of hydrogen-bond donors (Lipinski definition) is 3. The quantitative estimate of drug-likeness (QED) is 0.719. The molecular formula is C16H26N4O2. The fraction of sp³-hybridized carbons (Fsp3) is 0.562. The Balaban J connectivity index is 2.46. The highest BCUT2D eigenvalue weighted by molar-refractivity contribution is 5.84. The van der Waals surface area contributed by atoms with Crippen molar-refractivity contribution in [2.75, 3.05) is 13.1 Å². The van der Waals surface area contributed by atoms with E-state index >= 15 is 0 Å². The van der Waals surface area contributed by atoms with E-state index in [0.29, 0.717) is 12.5 Å². The Kier molecular flexibility index (Phi) is 7.36. The Morgan fingerprint density at radius 1 is 1.14 bits per heavy atom. The van der Waals surface area contributed by atoms with Crippen LogP contribution in [-0.4, -0.2) is 30.0 Å². The van der Waals surface area contributed by atoms with Gasteiger partial charge in [-0.2, -0.15) is 0 Å². The zero-order valence-electron chi connectivity index (χ0n) is 13.7. The number of aromatic nitrogens is 1. The van der Waals surface area contributed by atoms with E-state index < -0.39 is 0 Å².